The normalized spacial score (nSPS) is 25.7. The summed E-state index contributed by atoms with van der Waals surface area (Å²) in [7, 11) is 1.57. The molecular formula is C13H25F3N2. The maximum atomic E-state index is 12.3. The van der Waals surface area contributed by atoms with Gasteiger partial charge in [0.25, 0.3) is 0 Å². The average Bonchev–Trinajstić information content (AvgIpc) is 2.25. The fourth-order valence-corrected chi connectivity index (χ4v) is 2.80. The standard InChI is InChI=1S/C13H25F3N2/c1-3-8-17-12-7-5-4-6-11(12)9-18(2)10-13(14,15)16/h11-12,17H,3-10H2,1-2H3. The predicted molar refractivity (Wildman–Crippen MR) is 67.6 cm³/mol. The molecule has 5 heteroatoms. The lowest BCUT2D eigenvalue weighted by Crippen LogP contribution is -2.45. The van der Waals surface area contributed by atoms with Crippen LogP contribution in [0.25, 0.3) is 0 Å². The lowest BCUT2D eigenvalue weighted by molar-refractivity contribution is -0.144. The molecule has 0 radical (unpaired) electrons. The molecule has 1 aliphatic carbocycles. The molecule has 1 aliphatic rings. The van der Waals surface area contributed by atoms with E-state index in [4.69, 9.17) is 0 Å². The van der Waals surface area contributed by atoms with E-state index in [9.17, 15) is 13.2 Å². The van der Waals surface area contributed by atoms with Gasteiger partial charge in [-0.2, -0.15) is 13.2 Å². The number of hydrogen-bond donors (Lipinski definition) is 1. The van der Waals surface area contributed by atoms with Gasteiger partial charge in [-0.1, -0.05) is 19.8 Å². The predicted octanol–water partition coefficient (Wildman–Crippen LogP) is 3.04. The molecule has 0 saturated heterocycles. The summed E-state index contributed by atoms with van der Waals surface area (Å²) in [6.45, 7) is 2.82. The third kappa shape index (κ3) is 6.05. The van der Waals surface area contributed by atoms with E-state index in [-0.39, 0.29) is 0 Å². The van der Waals surface area contributed by atoms with E-state index >= 15 is 0 Å². The van der Waals surface area contributed by atoms with Crippen molar-refractivity contribution in [2.24, 2.45) is 5.92 Å². The largest absolute Gasteiger partial charge is 0.401 e. The molecule has 2 atom stereocenters. The van der Waals surface area contributed by atoms with Crippen molar-refractivity contribution in [3.63, 3.8) is 0 Å². The minimum atomic E-state index is -4.09. The number of nitrogens with one attached hydrogen (secondary N) is 1. The van der Waals surface area contributed by atoms with Crippen LogP contribution in [0.1, 0.15) is 39.0 Å². The zero-order valence-electron chi connectivity index (χ0n) is 11.4. The lowest BCUT2D eigenvalue weighted by Gasteiger charge is -2.35. The van der Waals surface area contributed by atoms with Crippen molar-refractivity contribution < 1.29 is 13.2 Å². The van der Waals surface area contributed by atoms with Crippen LogP contribution in [0.2, 0.25) is 0 Å². The van der Waals surface area contributed by atoms with Crippen molar-refractivity contribution >= 4 is 0 Å². The smallest absolute Gasteiger partial charge is 0.314 e. The van der Waals surface area contributed by atoms with Crippen LogP contribution in [0.4, 0.5) is 13.2 Å². The Kier molecular flexibility index (Phi) is 6.43. The van der Waals surface area contributed by atoms with Crippen LogP contribution in [-0.2, 0) is 0 Å². The maximum Gasteiger partial charge on any atom is 0.401 e. The van der Waals surface area contributed by atoms with E-state index in [0.717, 1.165) is 32.2 Å². The van der Waals surface area contributed by atoms with Gasteiger partial charge < -0.3 is 5.32 Å². The number of halogens is 3. The van der Waals surface area contributed by atoms with Crippen LogP contribution in [0, 0.1) is 5.92 Å². The Hall–Kier alpha value is -0.290. The Morgan fingerprint density at radius 1 is 1.22 bits per heavy atom. The Morgan fingerprint density at radius 2 is 1.89 bits per heavy atom. The van der Waals surface area contributed by atoms with Crippen molar-refractivity contribution in [1.29, 1.82) is 0 Å². The number of nitrogens with zero attached hydrogens (tertiary/aromatic N) is 1. The van der Waals surface area contributed by atoms with Crippen LogP contribution in [0.5, 0.6) is 0 Å². The molecule has 0 amide bonds. The second-order valence-electron chi connectivity index (χ2n) is 5.42. The van der Waals surface area contributed by atoms with E-state index in [1.807, 2.05) is 0 Å². The molecule has 18 heavy (non-hydrogen) atoms. The molecule has 1 saturated carbocycles. The van der Waals surface area contributed by atoms with Crippen molar-refractivity contribution in [1.82, 2.24) is 10.2 Å². The van der Waals surface area contributed by atoms with Gasteiger partial charge in [0, 0.05) is 12.6 Å². The van der Waals surface area contributed by atoms with Crippen molar-refractivity contribution in [2.45, 2.75) is 51.2 Å². The van der Waals surface area contributed by atoms with Crippen molar-refractivity contribution in [2.75, 3.05) is 26.7 Å². The van der Waals surface area contributed by atoms with Crippen LogP contribution < -0.4 is 5.32 Å². The monoisotopic (exact) mass is 266 g/mol. The summed E-state index contributed by atoms with van der Waals surface area (Å²) < 4.78 is 36.9. The van der Waals surface area contributed by atoms with Gasteiger partial charge in [0.15, 0.2) is 0 Å². The molecule has 1 rings (SSSR count). The van der Waals surface area contributed by atoms with E-state index in [0.29, 0.717) is 18.5 Å². The van der Waals surface area contributed by atoms with Gasteiger partial charge in [0.05, 0.1) is 6.54 Å². The molecular weight excluding hydrogens is 241 g/mol. The van der Waals surface area contributed by atoms with Gasteiger partial charge in [0.1, 0.15) is 0 Å². The zero-order chi connectivity index (χ0) is 13.6. The van der Waals surface area contributed by atoms with E-state index in [2.05, 4.69) is 12.2 Å². The van der Waals surface area contributed by atoms with Crippen molar-refractivity contribution in [3.8, 4) is 0 Å². The summed E-state index contributed by atoms with van der Waals surface area (Å²) >= 11 is 0. The number of alkyl halides is 3. The van der Waals surface area contributed by atoms with Crippen LogP contribution in [-0.4, -0.2) is 43.8 Å². The van der Waals surface area contributed by atoms with Gasteiger partial charge in [-0.25, -0.2) is 0 Å². The number of hydrogen-bond acceptors (Lipinski definition) is 2. The summed E-state index contributed by atoms with van der Waals surface area (Å²) in [4.78, 5) is 1.41. The first-order valence-corrected chi connectivity index (χ1v) is 6.91. The Morgan fingerprint density at radius 3 is 2.50 bits per heavy atom. The minimum Gasteiger partial charge on any atom is -0.314 e. The molecule has 0 bridgehead atoms. The summed E-state index contributed by atoms with van der Waals surface area (Å²) in [5.41, 5.74) is 0. The summed E-state index contributed by atoms with van der Waals surface area (Å²) in [5.74, 6) is 0.359. The van der Waals surface area contributed by atoms with E-state index in [1.165, 1.54) is 11.3 Å². The quantitative estimate of drug-likeness (QED) is 0.795. The molecule has 0 spiro atoms. The Balaban J connectivity index is 2.40. The first-order chi connectivity index (χ1) is 8.42. The molecule has 1 N–H and O–H groups in total. The summed E-state index contributed by atoms with van der Waals surface area (Å²) in [6.07, 6.45) is 1.47. The molecule has 1 fully saturated rings. The number of rotatable bonds is 6. The van der Waals surface area contributed by atoms with Crippen molar-refractivity contribution in [3.05, 3.63) is 0 Å². The van der Waals surface area contributed by atoms with Crippen LogP contribution in [0.3, 0.4) is 0 Å². The molecule has 0 aromatic carbocycles. The lowest BCUT2D eigenvalue weighted by atomic mass is 9.84. The van der Waals surface area contributed by atoms with Gasteiger partial charge in [-0.05, 0) is 38.8 Å². The minimum absolute atomic E-state index is 0.359. The third-order valence-electron chi connectivity index (χ3n) is 3.56. The molecule has 108 valence electrons. The molecule has 0 aliphatic heterocycles. The third-order valence-corrected chi connectivity index (χ3v) is 3.56. The fourth-order valence-electron chi connectivity index (χ4n) is 2.80. The second kappa shape index (κ2) is 7.34. The SMILES string of the molecule is CCCNC1CCCCC1CN(C)CC(F)(F)F. The highest BCUT2D eigenvalue weighted by Crippen LogP contribution is 2.26. The highest BCUT2D eigenvalue weighted by Gasteiger charge is 2.32. The Labute approximate surface area is 108 Å². The second-order valence-corrected chi connectivity index (χ2v) is 5.42. The molecule has 2 unspecified atom stereocenters. The summed E-state index contributed by atoms with van der Waals surface area (Å²) in [5, 5.41) is 3.48. The Bertz CT molecular complexity index is 231. The van der Waals surface area contributed by atoms with Gasteiger partial charge in [-0.15, -0.1) is 0 Å². The molecule has 0 aromatic heterocycles. The zero-order valence-corrected chi connectivity index (χ0v) is 11.4. The van der Waals surface area contributed by atoms with Crippen LogP contribution in [0.15, 0.2) is 0 Å². The van der Waals surface area contributed by atoms with Gasteiger partial charge in [-0.3, -0.25) is 4.90 Å². The molecule has 2 nitrogen and oxygen atoms in total. The van der Waals surface area contributed by atoms with Crippen LogP contribution >= 0.6 is 0 Å². The maximum absolute atomic E-state index is 12.3. The highest BCUT2D eigenvalue weighted by molar-refractivity contribution is 4.83. The topological polar surface area (TPSA) is 15.3 Å². The average molecular weight is 266 g/mol. The fraction of sp³-hybridized carbons (Fsp3) is 1.00. The van der Waals surface area contributed by atoms with Gasteiger partial charge in [0.2, 0.25) is 0 Å². The molecule has 0 heterocycles. The highest BCUT2D eigenvalue weighted by atomic mass is 19.4. The molecule has 0 aromatic rings. The van der Waals surface area contributed by atoms with E-state index in [1.54, 1.807) is 7.05 Å². The van der Waals surface area contributed by atoms with Gasteiger partial charge >= 0.3 is 6.18 Å². The first kappa shape index (κ1) is 15.8. The first-order valence-electron chi connectivity index (χ1n) is 6.91. The summed E-state index contributed by atoms with van der Waals surface area (Å²) in [6, 6.07) is 0.398. The van der Waals surface area contributed by atoms with E-state index < -0.39 is 12.7 Å².